The van der Waals surface area contributed by atoms with Crippen LogP contribution in [0.3, 0.4) is 0 Å². The van der Waals surface area contributed by atoms with Crippen LogP contribution in [0.1, 0.15) is 39.9 Å². The first kappa shape index (κ1) is 14.3. The molecule has 1 amide bonds. The Kier molecular flexibility index (Phi) is 3.38. The third-order valence-electron chi connectivity index (χ3n) is 4.89. The summed E-state index contributed by atoms with van der Waals surface area (Å²) >= 11 is 6.02. The maximum atomic E-state index is 11.8. The van der Waals surface area contributed by atoms with Gasteiger partial charge in [-0.25, -0.2) is 0 Å². The SMILES string of the molecule is NC(=O)c1cccc2c1NC(c1ccc(Cl)cc1)C1CC=CC21. The lowest BCUT2D eigenvalue weighted by atomic mass is 9.76. The number of nitrogens with two attached hydrogens (primary N) is 1. The van der Waals surface area contributed by atoms with Crippen molar-refractivity contribution in [3.8, 4) is 0 Å². The van der Waals surface area contributed by atoms with E-state index in [0.717, 1.165) is 22.7 Å². The van der Waals surface area contributed by atoms with Gasteiger partial charge in [0.25, 0.3) is 5.91 Å². The smallest absolute Gasteiger partial charge is 0.250 e. The number of hydrogen-bond donors (Lipinski definition) is 2. The van der Waals surface area contributed by atoms with E-state index in [2.05, 4.69) is 23.5 Å². The van der Waals surface area contributed by atoms with E-state index < -0.39 is 5.91 Å². The molecular formula is C19H17ClN2O. The Labute approximate surface area is 140 Å². The van der Waals surface area contributed by atoms with Gasteiger partial charge < -0.3 is 11.1 Å². The molecule has 3 N–H and O–H groups in total. The number of para-hydroxylation sites is 1. The highest BCUT2D eigenvalue weighted by Crippen LogP contribution is 2.50. The summed E-state index contributed by atoms with van der Waals surface area (Å²) in [5, 5.41) is 4.30. The Balaban J connectivity index is 1.83. The van der Waals surface area contributed by atoms with Crippen molar-refractivity contribution in [3.63, 3.8) is 0 Å². The van der Waals surface area contributed by atoms with Crippen LogP contribution in [-0.2, 0) is 0 Å². The largest absolute Gasteiger partial charge is 0.377 e. The summed E-state index contributed by atoms with van der Waals surface area (Å²) in [5.41, 5.74) is 9.33. The fourth-order valence-corrected chi connectivity index (χ4v) is 3.95. The van der Waals surface area contributed by atoms with E-state index in [0.29, 0.717) is 17.4 Å². The van der Waals surface area contributed by atoms with Gasteiger partial charge in [-0.2, -0.15) is 0 Å². The van der Waals surface area contributed by atoms with Crippen LogP contribution in [-0.4, -0.2) is 5.91 Å². The number of amides is 1. The number of anilines is 1. The van der Waals surface area contributed by atoms with Crippen molar-refractivity contribution in [3.05, 3.63) is 76.3 Å². The molecule has 0 aromatic heterocycles. The highest BCUT2D eigenvalue weighted by Gasteiger charge is 2.38. The Morgan fingerprint density at radius 3 is 2.70 bits per heavy atom. The molecule has 23 heavy (non-hydrogen) atoms. The van der Waals surface area contributed by atoms with Crippen LogP contribution in [0.2, 0.25) is 5.02 Å². The van der Waals surface area contributed by atoms with E-state index in [1.54, 1.807) is 6.07 Å². The zero-order valence-electron chi connectivity index (χ0n) is 12.5. The molecule has 4 rings (SSSR count). The molecular weight excluding hydrogens is 308 g/mol. The quantitative estimate of drug-likeness (QED) is 0.811. The molecule has 2 aliphatic rings. The molecule has 1 aliphatic carbocycles. The van der Waals surface area contributed by atoms with Crippen LogP contribution < -0.4 is 11.1 Å². The molecule has 3 nitrogen and oxygen atoms in total. The first-order chi connectivity index (χ1) is 11.1. The van der Waals surface area contributed by atoms with Gasteiger partial charge >= 0.3 is 0 Å². The minimum absolute atomic E-state index is 0.139. The van der Waals surface area contributed by atoms with Crippen molar-refractivity contribution in [2.45, 2.75) is 18.4 Å². The Morgan fingerprint density at radius 1 is 1.17 bits per heavy atom. The number of rotatable bonds is 2. The lowest BCUT2D eigenvalue weighted by Gasteiger charge is -2.38. The zero-order valence-corrected chi connectivity index (χ0v) is 13.3. The predicted octanol–water partition coefficient (Wildman–Crippen LogP) is 4.27. The second-order valence-electron chi connectivity index (χ2n) is 6.16. The van der Waals surface area contributed by atoms with Gasteiger partial charge in [0.05, 0.1) is 17.3 Å². The highest BCUT2D eigenvalue weighted by atomic mass is 35.5. The van der Waals surface area contributed by atoms with Crippen LogP contribution in [0.5, 0.6) is 0 Å². The second kappa shape index (κ2) is 5.43. The van der Waals surface area contributed by atoms with E-state index in [9.17, 15) is 4.79 Å². The molecule has 0 saturated carbocycles. The van der Waals surface area contributed by atoms with Crippen molar-refractivity contribution in [2.75, 3.05) is 5.32 Å². The normalized spacial score (nSPS) is 24.7. The zero-order chi connectivity index (χ0) is 16.0. The summed E-state index contributed by atoms with van der Waals surface area (Å²) in [6, 6.07) is 13.8. The van der Waals surface area contributed by atoms with Crippen LogP contribution in [0.4, 0.5) is 5.69 Å². The first-order valence-electron chi connectivity index (χ1n) is 7.76. The van der Waals surface area contributed by atoms with Crippen molar-refractivity contribution >= 4 is 23.2 Å². The van der Waals surface area contributed by atoms with Crippen LogP contribution in [0.15, 0.2) is 54.6 Å². The Hall–Kier alpha value is -2.26. The fraction of sp³-hybridized carbons (Fsp3) is 0.211. The highest BCUT2D eigenvalue weighted by molar-refractivity contribution is 6.30. The topological polar surface area (TPSA) is 55.1 Å². The minimum Gasteiger partial charge on any atom is -0.377 e. The van der Waals surface area contributed by atoms with Crippen LogP contribution in [0, 0.1) is 5.92 Å². The molecule has 0 saturated heterocycles. The average Bonchev–Trinajstić information content (AvgIpc) is 3.04. The number of carbonyl (C=O) groups is 1. The number of carbonyl (C=O) groups excluding carboxylic acids is 1. The number of allylic oxidation sites excluding steroid dienone is 2. The summed E-state index contributed by atoms with van der Waals surface area (Å²) in [5.74, 6) is 0.350. The van der Waals surface area contributed by atoms with E-state index in [1.807, 2.05) is 30.3 Å². The molecule has 2 aromatic rings. The molecule has 4 heteroatoms. The van der Waals surface area contributed by atoms with Crippen LogP contribution in [0.25, 0.3) is 0 Å². The summed E-state index contributed by atoms with van der Waals surface area (Å²) in [6.45, 7) is 0. The lowest BCUT2D eigenvalue weighted by Crippen LogP contribution is -2.31. The number of benzene rings is 2. The van der Waals surface area contributed by atoms with Gasteiger partial charge in [-0.15, -0.1) is 0 Å². The molecule has 1 aliphatic heterocycles. The second-order valence-corrected chi connectivity index (χ2v) is 6.60. The lowest BCUT2D eigenvalue weighted by molar-refractivity contribution is 0.100. The first-order valence-corrected chi connectivity index (χ1v) is 8.14. The molecule has 0 fully saturated rings. The van der Waals surface area contributed by atoms with E-state index in [1.165, 1.54) is 5.56 Å². The number of nitrogens with one attached hydrogen (secondary N) is 1. The maximum Gasteiger partial charge on any atom is 0.250 e. The molecule has 0 spiro atoms. The van der Waals surface area contributed by atoms with Crippen molar-refractivity contribution < 1.29 is 4.79 Å². The molecule has 2 aromatic carbocycles. The fourth-order valence-electron chi connectivity index (χ4n) is 3.83. The van der Waals surface area contributed by atoms with E-state index in [4.69, 9.17) is 17.3 Å². The standard InChI is InChI=1S/C19H17ClN2O/c20-12-9-7-11(8-10-12)17-14-4-1-3-13(14)15-5-2-6-16(19(21)23)18(15)22-17/h1-3,5-10,13-14,17,22H,4H2,(H2,21,23). The summed E-state index contributed by atoms with van der Waals surface area (Å²) in [7, 11) is 0. The molecule has 1 heterocycles. The Morgan fingerprint density at radius 2 is 1.96 bits per heavy atom. The minimum atomic E-state index is -0.398. The number of fused-ring (bicyclic) bond motifs is 3. The van der Waals surface area contributed by atoms with Gasteiger partial charge in [0.2, 0.25) is 0 Å². The van der Waals surface area contributed by atoms with E-state index >= 15 is 0 Å². The molecule has 0 radical (unpaired) electrons. The summed E-state index contributed by atoms with van der Waals surface area (Å²) in [6.07, 6.45) is 5.50. The Bertz CT molecular complexity index is 798. The predicted molar refractivity (Wildman–Crippen MR) is 92.8 cm³/mol. The third kappa shape index (κ3) is 2.32. The van der Waals surface area contributed by atoms with Crippen molar-refractivity contribution in [1.29, 1.82) is 0 Å². The number of halogens is 1. The van der Waals surface area contributed by atoms with Crippen molar-refractivity contribution in [2.24, 2.45) is 11.7 Å². The number of hydrogen-bond acceptors (Lipinski definition) is 2. The molecule has 3 atom stereocenters. The monoisotopic (exact) mass is 324 g/mol. The van der Waals surface area contributed by atoms with Gasteiger partial charge in [-0.1, -0.05) is 48.0 Å². The third-order valence-corrected chi connectivity index (χ3v) is 5.14. The van der Waals surface area contributed by atoms with Gasteiger partial charge in [-0.3, -0.25) is 4.79 Å². The average molecular weight is 325 g/mol. The van der Waals surface area contributed by atoms with Gasteiger partial charge in [0, 0.05) is 10.9 Å². The molecule has 116 valence electrons. The van der Waals surface area contributed by atoms with E-state index in [-0.39, 0.29) is 6.04 Å². The summed E-state index contributed by atoms with van der Waals surface area (Å²) < 4.78 is 0. The molecule has 3 unspecified atom stereocenters. The van der Waals surface area contributed by atoms with Gasteiger partial charge in [0.1, 0.15) is 0 Å². The van der Waals surface area contributed by atoms with Gasteiger partial charge in [0.15, 0.2) is 0 Å². The molecule has 0 bridgehead atoms. The number of primary amides is 1. The van der Waals surface area contributed by atoms with Crippen LogP contribution >= 0.6 is 11.6 Å². The van der Waals surface area contributed by atoms with Crippen molar-refractivity contribution in [1.82, 2.24) is 0 Å². The van der Waals surface area contributed by atoms with Gasteiger partial charge in [-0.05, 0) is 41.7 Å². The maximum absolute atomic E-state index is 11.8. The summed E-state index contributed by atoms with van der Waals surface area (Å²) in [4.78, 5) is 11.8.